The quantitative estimate of drug-likeness (QED) is 0.839. The van der Waals surface area contributed by atoms with E-state index in [0.29, 0.717) is 26.1 Å². The van der Waals surface area contributed by atoms with Crippen molar-refractivity contribution in [2.75, 3.05) is 13.1 Å². The number of hydrogen-bond acceptors (Lipinski definition) is 4. The first-order valence-corrected chi connectivity index (χ1v) is 7.43. The molecule has 19 heavy (non-hydrogen) atoms. The summed E-state index contributed by atoms with van der Waals surface area (Å²) in [5, 5.41) is 1.83. The molecule has 0 aromatic carbocycles. The molecule has 0 radical (unpaired) electrons. The van der Waals surface area contributed by atoms with Crippen LogP contribution in [0.15, 0.2) is 10.2 Å². The second-order valence-corrected chi connectivity index (χ2v) is 5.92. The Balaban J connectivity index is 1.93. The normalized spacial score (nSPS) is 23.6. The van der Waals surface area contributed by atoms with E-state index in [1.165, 1.54) is 11.3 Å². The van der Waals surface area contributed by atoms with E-state index in [4.69, 9.17) is 4.74 Å². The Morgan fingerprint density at radius 2 is 2.05 bits per heavy atom. The highest BCUT2D eigenvalue weighted by Crippen LogP contribution is 2.12. The molecule has 2 atom stereocenters. The van der Waals surface area contributed by atoms with E-state index in [-0.39, 0.29) is 23.0 Å². The standard InChI is InChI=1S/C13H20N2O3S/c1-9-8-19-13(17)15(9)5-4-12(16)14-6-10(2)18-11(3)7-14/h8,10-11H,4-7H2,1-3H3. The van der Waals surface area contributed by atoms with Gasteiger partial charge in [0.05, 0.1) is 12.2 Å². The van der Waals surface area contributed by atoms with Crippen LogP contribution in [0.1, 0.15) is 26.0 Å². The minimum Gasteiger partial charge on any atom is -0.372 e. The van der Waals surface area contributed by atoms with Crippen molar-refractivity contribution in [2.24, 2.45) is 0 Å². The smallest absolute Gasteiger partial charge is 0.307 e. The Bertz CT molecular complexity index is 498. The predicted molar refractivity (Wildman–Crippen MR) is 74.5 cm³/mol. The van der Waals surface area contributed by atoms with E-state index in [9.17, 15) is 9.59 Å². The Labute approximate surface area is 116 Å². The number of aryl methyl sites for hydroxylation is 1. The van der Waals surface area contributed by atoms with Crippen molar-refractivity contribution in [3.8, 4) is 0 Å². The minimum absolute atomic E-state index is 0.00835. The zero-order valence-corrected chi connectivity index (χ0v) is 12.4. The van der Waals surface area contributed by atoms with Crippen LogP contribution in [0, 0.1) is 6.92 Å². The molecule has 2 heterocycles. The molecule has 0 bridgehead atoms. The highest BCUT2D eigenvalue weighted by atomic mass is 32.1. The van der Waals surface area contributed by atoms with Gasteiger partial charge in [-0.1, -0.05) is 11.3 Å². The van der Waals surface area contributed by atoms with Crippen LogP contribution in [-0.4, -0.2) is 40.7 Å². The van der Waals surface area contributed by atoms with Gasteiger partial charge in [0.25, 0.3) is 0 Å². The number of amides is 1. The average Bonchev–Trinajstić information content (AvgIpc) is 2.65. The summed E-state index contributed by atoms with van der Waals surface area (Å²) in [7, 11) is 0. The van der Waals surface area contributed by atoms with Crippen LogP contribution < -0.4 is 4.87 Å². The zero-order chi connectivity index (χ0) is 14.0. The lowest BCUT2D eigenvalue weighted by Crippen LogP contribution is -2.48. The summed E-state index contributed by atoms with van der Waals surface area (Å²) in [5.74, 6) is 0.0968. The molecule has 1 saturated heterocycles. The van der Waals surface area contributed by atoms with E-state index in [2.05, 4.69) is 0 Å². The van der Waals surface area contributed by atoms with Gasteiger partial charge in [0.15, 0.2) is 0 Å². The van der Waals surface area contributed by atoms with Crippen LogP contribution in [0.4, 0.5) is 0 Å². The second kappa shape index (κ2) is 5.88. The monoisotopic (exact) mass is 284 g/mol. The number of aromatic nitrogens is 1. The maximum absolute atomic E-state index is 12.2. The largest absolute Gasteiger partial charge is 0.372 e. The van der Waals surface area contributed by atoms with E-state index in [1.54, 1.807) is 4.57 Å². The topological polar surface area (TPSA) is 51.5 Å². The number of thiazole rings is 1. The molecule has 5 nitrogen and oxygen atoms in total. The van der Waals surface area contributed by atoms with Crippen LogP contribution in [0.2, 0.25) is 0 Å². The third-order valence-electron chi connectivity index (χ3n) is 3.30. The number of ether oxygens (including phenoxy) is 1. The molecule has 1 fully saturated rings. The van der Waals surface area contributed by atoms with E-state index in [0.717, 1.165) is 5.69 Å². The Morgan fingerprint density at radius 3 is 2.58 bits per heavy atom. The number of rotatable bonds is 3. The molecular formula is C13H20N2O3S. The zero-order valence-electron chi connectivity index (χ0n) is 11.6. The number of carbonyl (C=O) groups excluding carboxylic acids is 1. The highest BCUT2D eigenvalue weighted by molar-refractivity contribution is 7.07. The maximum Gasteiger partial charge on any atom is 0.307 e. The van der Waals surface area contributed by atoms with Gasteiger partial charge in [-0.05, 0) is 20.8 Å². The number of morpholine rings is 1. The van der Waals surface area contributed by atoms with Crippen molar-refractivity contribution in [1.29, 1.82) is 0 Å². The molecule has 0 spiro atoms. The van der Waals surface area contributed by atoms with Gasteiger partial charge in [-0.15, -0.1) is 0 Å². The number of carbonyl (C=O) groups is 1. The van der Waals surface area contributed by atoms with Gasteiger partial charge in [-0.2, -0.15) is 0 Å². The van der Waals surface area contributed by atoms with Crippen molar-refractivity contribution in [3.05, 3.63) is 20.7 Å². The molecule has 106 valence electrons. The van der Waals surface area contributed by atoms with Gasteiger partial charge >= 0.3 is 4.87 Å². The molecule has 1 aliphatic heterocycles. The molecule has 0 saturated carbocycles. The molecule has 1 aliphatic rings. The SMILES string of the molecule is Cc1csc(=O)n1CCC(=O)N1CC(C)OC(C)C1. The fraction of sp³-hybridized carbons (Fsp3) is 0.692. The first-order chi connectivity index (χ1) is 8.97. The second-order valence-electron chi connectivity index (χ2n) is 5.10. The number of nitrogens with zero attached hydrogens (tertiary/aromatic N) is 2. The number of hydrogen-bond donors (Lipinski definition) is 0. The van der Waals surface area contributed by atoms with Gasteiger partial charge in [-0.3, -0.25) is 9.59 Å². The van der Waals surface area contributed by atoms with Crippen molar-refractivity contribution in [1.82, 2.24) is 9.47 Å². The molecule has 1 aromatic heterocycles. The third-order valence-corrected chi connectivity index (χ3v) is 4.18. The van der Waals surface area contributed by atoms with Crippen molar-refractivity contribution in [3.63, 3.8) is 0 Å². The van der Waals surface area contributed by atoms with Gasteiger partial charge in [0.1, 0.15) is 0 Å². The van der Waals surface area contributed by atoms with Crippen molar-refractivity contribution in [2.45, 2.75) is 45.9 Å². The molecule has 0 N–H and O–H groups in total. The molecule has 2 rings (SSSR count). The first-order valence-electron chi connectivity index (χ1n) is 6.55. The van der Waals surface area contributed by atoms with Crippen LogP contribution >= 0.6 is 11.3 Å². The summed E-state index contributed by atoms with van der Waals surface area (Å²) in [6.07, 6.45) is 0.535. The lowest BCUT2D eigenvalue weighted by molar-refractivity contribution is -0.143. The maximum atomic E-state index is 12.2. The van der Waals surface area contributed by atoms with Crippen molar-refractivity contribution >= 4 is 17.2 Å². The summed E-state index contributed by atoms with van der Waals surface area (Å²) in [4.78, 5) is 25.6. The predicted octanol–water partition coefficient (Wildman–Crippen LogP) is 1.24. The van der Waals surface area contributed by atoms with Gasteiger partial charge in [0.2, 0.25) is 5.91 Å². The van der Waals surface area contributed by atoms with Crippen LogP contribution in [0.3, 0.4) is 0 Å². The molecule has 6 heteroatoms. The van der Waals surface area contributed by atoms with E-state index >= 15 is 0 Å². The van der Waals surface area contributed by atoms with Gasteiger partial charge in [-0.25, -0.2) is 0 Å². The molecule has 1 amide bonds. The first kappa shape index (κ1) is 14.3. The third kappa shape index (κ3) is 3.45. The van der Waals surface area contributed by atoms with Gasteiger partial charge < -0.3 is 14.2 Å². The summed E-state index contributed by atoms with van der Waals surface area (Å²) >= 11 is 1.18. The Hall–Kier alpha value is -1.14. The average molecular weight is 284 g/mol. The fourth-order valence-corrected chi connectivity index (χ4v) is 3.18. The Kier molecular flexibility index (Phi) is 4.42. The molecular weight excluding hydrogens is 264 g/mol. The molecule has 1 aromatic rings. The van der Waals surface area contributed by atoms with Gasteiger partial charge in [0, 0.05) is 37.1 Å². The Morgan fingerprint density at radius 1 is 1.42 bits per heavy atom. The van der Waals surface area contributed by atoms with E-state index < -0.39 is 0 Å². The highest BCUT2D eigenvalue weighted by Gasteiger charge is 2.25. The fourth-order valence-electron chi connectivity index (χ4n) is 2.42. The van der Waals surface area contributed by atoms with Crippen LogP contribution in [0.25, 0.3) is 0 Å². The van der Waals surface area contributed by atoms with Crippen LogP contribution in [0.5, 0.6) is 0 Å². The lowest BCUT2D eigenvalue weighted by atomic mass is 10.2. The van der Waals surface area contributed by atoms with Crippen LogP contribution in [-0.2, 0) is 16.1 Å². The van der Waals surface area contributed by atoms with E-state index in [1.807, 2.05) is 31.1 Å². The molecule has 0 aliphatic carbocycles. The summed E-state index contributed by atoms with van der Waals surface area (Å²) in [5.41, 5.74) is 0.923. The van der Waals surface area contributed by atoms with Crippen molar-refractivity contribution < 1.29 is 9.53 Å². The lowest BCUT2D eigenvalue weighted by Gasteiger charge is -2.35. The minimum atomic E-state index is 0.00835. The summed E-state index contributed by atoms with van der Waals surface area (Å²) in [6, 6.07) is 0. The molecule has 2 unspecified atom stereocenters. The summed E-state index contributed by atoms with van der Waals surface area (Å²) in [6.45, 7) is 7.59. The summed E-state index contributed by atoms with van der Waals surface area (Å²) < 4.78 is 7.27.